The molecule has 0 saturated carbocycles. The largest absolute Gasteiger partial charge is 0.495 e. The van der Waals surface area contributed by atoms with Gasteiger partial charge in [-0.3, -0.25) is 4.79 Å². The number of rotatable bonds is 2. The molecule has 1 saturated heterocycles. The number of amides is 3. The van der Waals surface area contributed by atoms with Gasteiger partial charge in [0.25, 0.3) is 5.91 Å². The number of urea groups is 1. The average Bonchev–Trinajstić information content (AvgIpc) is 2.58. The summed E-state index contributed by atoms with van der Waals surface area (Å²) in [5, 5.41) is 2.43. The molecule has 0 atom stereocenters. The summed E-state index contributed by atoms with van der Waals surface area (Å²) in [6.07, 6.45) is 0. The number of methoxy groups -OCH3 is 1. The summed E-state index contributed by atoms with van der Waals surface area (Å²) in [6, 6.07) is 4.32. The minimum Gasteiger partial charge on any atom is -0.495 e. The zero-order valence-corrected chi connectivity index (χ0v) is 8.69. The van der Waals surface area contributed by atoms with E-state index in [0.717, 1.165) is 4.90 Å². The number of nitrogen functional groups attached to an aromatic ring is 1. The summed E-state index contributed by atoms with van der Waals surface area (Å²) in [5.74, 6) is 0.105. The summed E-state index contributed by atoms with van der Waals surface area (Å²) < 4.78 is 5.08. The van der Waals surface area contributed by atoms with E-state index in [1.54, 1.807) is 12.1 Å². The van der Waals surface area contributed by atoms with Crippen molar-refractivity contribution in [3.05, 3.63) is 18.2 Å². The van der Waals surface area contributed by atoms with Gasteiger partial charge in [-0.2, -0.15) is 0 Å². The van der Waals surface area contributed by atoms with Gasteiger partial charge in [-0.25, -0.2) is 9.69 Å². The van der Waals surface area contributed by atoms with Gasteiger partial charge in [0.2, 0.25) is 0 Å². The Morgan fingerprint density at radius 3 is 2.75 bits per heavy atom. The normalized spacial score (nSPS) is 15.2. The summed E-state index contributed by atoms with van der Waals surface area (Å²) >= 11 is 0. The second-order valence-electron chi connectivity index (χ2n) is 3.32. The highest BCUT2D eigenvalue weighted by molar-refractivity contribution is 6.20. The van der Waals surface area contributed by atoms with E-state index in [0.29, 0.717) is 17.1 Å². The summed E-state index contributed by atoms with van der Waals surface area (Å²) in [4.78, 5) is 24.0. The Kier molecular flexibility index (Phi) is 2.40. The van der Waals surface area contributed by atoms with Crippen molar-refractivity contribution in [2.75, 3.05) is 24.3 Å². The van der Waals surface area contributed by atoms with Gasteiger partial charge in [0.15, 0.2) is 0 Å². The lowest BCUT2D eigenvalue weighted by Crippen LogP contribution is -2.31. The van der Waals surface area contributed by atoms with Crippen LogP contribution in [0, 0.1) is 0 Å². The first-order chi connectivity index (χ1) is 7.63. The topological polar surface area (TPSA) is 84.7 Å². The van der Waals surface area contributed by atoms with Crippen LogP contribution in [0.1, 0.15) is 0 Å². The maximum atomic E-state index is 11.5. The van der Waals surface area contributed by atoms with Crippen LogP contribution in [0.4, 0.5) is 16.2 Å². The number of hydrogen-bond acceptors (Lipinski definition) is 4. The lowest BCUT2D eigenvalue weighted by Gasteiger charge is -2.16. The molecule has 1 heterocycles. The van der Waals surface area contributed by atoms with E-state index < -0.39 is 6.03 Å². The molecule has 1 fully saturated rings. The Morgan fingerprint density at radius 2 is 2.19 bits per heavy atom. The van der Waals surface area contributed by atoms with Crippen molar-refractivity contribution >= 4 is 23.3 Å². The lowest BCUT2D eigenvalue weighted by molar-refractivity contribution is -0.115. The monoisotopic (exact) mass is 221 g/mol. The number of ether oxygens (including phenoxy) is 1. The van der Waals surface area contributed by atoms with Crippen LogP contribution in [0.5, 0.6) is 5.75 Å². The fraction of sp³-hybridized carbons (Fsp3) is 0.200. The molecule has 3 N–H and O–H groups in total. The Bertz CT molecular complexity index is 443. The van der Waals surface area contributed by atoms with Crippen LogP contribution in [0.3, 0.4) is 0 Å². The van der Waals surface area contributed by atoms with Crippen LogP contribution >= 0.6 is 0 Å². The zero-order valence-electron chi connectivity index (χ0n) is 8.69. The average molecular weight is 221 g/mol. The van der Waals surface area contributed by atoms with Crippen molar-refractivity contribution in [2.24, 2.45) is 0 Å². The summed E-state index contributed by atoms with van der Waals surface area (Å²) in [7, 11) is 1.47. The van der Waals surface area contributed by atoms with E-state index in [2.05, 4.69) is 5.32 Å². The third-order valence-electron chi connectivity index (χ3n) is 2.29. The van der Waals surface area contributed by atoms with Crippen molar-refractivity contribution < 1.29 is 14.3 Å². The third kappa shape index (κ3) is 1.54. The lowest BCUT2D eigenvalue weighted by atomic mass is 10.2. The molecular formula is C10H11N3O3. The highest BCUT2D eigenvalue weighted by Crippen LogP contribution is 2.31. The quantitative estimate of drug-likeness (QED) is 0.557. The molecule has 0 aromatic heterocycles. The van der Waals surface area contributed by atoms with Crippen molar-refractivity contribution in [3.8, 4) is 5.75 Å². The fourth-order valence-corrected chi connectivity index (χ4v) is 1.55. The molecule has 0 radical (unpaired) electrons. The third-order valence-corrected chi connectivity index (χ3v) is 2.29. The van der Waals surface area contributed by atoms with E-state index in [4.69, 9.17) is 10.5 Å². The standard InChI is InChI=1S/C10H11N3O3/c1-16-8-3-2-6(11)4-7(8)13-9(14)5-12-10(13)15/h2-4H,5,11H2,1H3,(H,12,15). The van der Waals surface area contributed by atoms with Crippen LogP contribution in [0.15, 0.2) is 18.2 Å². The molecule has 16 heavy (non-hydrogen) atoms. The van der Waals surface area contributed by atoms with Crippen molar-refractivity contribution in [1.82, 2.24) is 5.32 Å². The molecule has 0 unspecified atom stereocenters. The molecule has 2 rings (SSSR count). The number of nitrogens with zero attached hydrogens (tertiary/aromatic N) is 1. The van der Waals surface area contributed by atoms with Crippen LogP contribution < -0.4 is 20.7 Å². The second kappa shape index (κ2) is 3.73. The smallest absolute Gasteiger partial charge is 0.329 e. The Labute approximate surface area is 92.0 Å². The first-order valence-electron chi connectivity index (χ1n) is 4.68. The van der Waals surface area contributed by atoms with Gasteiger partial charge in [-0.1, -0.05) is 0 Å². The highest BCUT2D eigenvalue weighted by atomic mass is 16.5. The number of carbonyl (C=O) groups excluding carboxylic acids is 2. The van der Waals surface area contributed by atoms with Gasteiger partial charge in [0.05, 0.1) is 19.3 Å². The molecule has 6 heteroatoms. The maximum Gasteiger partial charge on any atom is 0.329 e. The molecule has 0 aliphatic carbocycles. The Balaban J connectivity index is 2.49. The summed E-state index contributed by atoms with van der Waals surface area (Å²) in [6.45, 7) is -0.00319. The molecule has 1 aliphatic heterocycles. The van der Waals surface area contributed by atoms with Crippen molar-refractivity contribution in [2.45, 2.75) is 0 Å². The minimum absolute atomic E-state index is 0.00319. The minimum atomic E-state index is -0.464. The van der Waals surface area contributed by atoms with Gasteiger partial charge in [0.1, 0.15) is 5.75 Å². The van der Waals surface area contributed by atoms with Gasteiger partial charge in [-0.15, -0.1) is 0 Å². The molecule has 1 aliphatic rings. The van der Waals surface area contributed by atoms with Crippen LogP contribution in [0.25, 0.3) is 0 Å². The second-order valence-corrected chi connectivity index (χ2v) is 3.32. The zero-order chi connectivity index (χ0) is 11.7. The van der Waals surface area contributed by atoms with E-state index in [-0.39, 0.29) is 12.5 Å². The predicted molar refractivity (Wildman–Crippen MR) is 58.3 cm³/mol. The van der Waals surface area contributed by atoms with E-state index in [1.807, 2.05) is 0 Å². The fourth-order valence-electron chi connectivity index (χ4n) is 1.55. The van der Waals surface area contributed by atoms with Gasteiger partial charge in [0, 0.05) is 5.69 Å². The van der Waals surface area contributed by atoms with Gasteiger partial charge >= 0.3 is 6.03 Å². The molecule has 0 bridgehead atoms. The predicted octanol–water partition coefficient (Wildman–Crippen LogP) is 0.334. The molecule has 3 amide bonds. The van der Waals surface area contributed by atoms with E-state index in [9.17, 15) is 9.59 Å². The number of carbonyl (C=O) groups is 2. The van der Waals surface area contributed by atoms with E-state index >= 15 is 0 Å². The molecule has 1 aromatic carbocycles. The molecular weight excluding hydrogens is 210 g/mol. The number of benzene rings is 1. The van der Waals surface area contributed by atoms with Gasteiger partial charge < -0.3 is 15.8 Å². The number of nitrogens with one attached hydrogen (secondary N) is 1. The molecule has 6 nitrogen and oxygen atoms in total. The highest BCUT2D eigenvalue weighted by Gasteiger charge is 2.32. The Hall–Kier alpha value is -2.24. The molecule has 1 aromatic rings. The first kappa shape index (κ1) is 10.3. The van der Waals surface area contributed by atoms with Gasteiger partial charge in [-0.05, 0) is 18.2 Å². The number of hydrogen-bond donors (Lipinski definition) is 2. The van der Waals surface area contributed by atoms with Crippen molar-refractivity contribution in [1.29, 1.82) is 0 Å². The number of nitrogens with two attached hydrogens (primary N) is 1. The maximum absolute atomic E-state index is 11.5. The first-order valence-corrected chi connectivity index (χ1v) is 4.68. The van der Waals surface area contributed by atoms with Crippen LogP contribution in [-0.4, -0.2) is 25.6 Å². The van der Waals surface area contributed by atoms with E-state index in [1.165, 1.54) is 13.2 Å². The Morgan fingerprint density at radius 1 is 1.44 bits per heavy atom. The number of anilines is 2. The summed E-state index contributed by atoms with van der Waals surface area (Å²) in [5.41, 5.74) is 6.44. The molecule has 84 valence electrons. The SMILES string of the molecule is COc1ccc(N)cc1N1C(=O)CNC1=O. The van der Waals surface area contributed by atoms with Crippen LogP contribution in [-0.2, 0) is 4.79 Å². The van der Waals surface area contributed by atoms with Crippen LogP contribution in [0.2, 0.25) is 0 Å². The molecule has 0 spiro atoms. The number of imide groups is 1. The van der Waals surface area contributed by atoms with Crippen molar-refractivity contribution in [3.63, 3.8) is 0 Å².